The van der Waals surface area contributed by atoms with Crippen molar-refractivity contribution in [3.05, 3.63) is 41.7 Å². The Labute approximate surface area is 182 Å². The van der Waals surface area contributed by atoms with Gasteiger partial charge in [-0.05, 0) is 45.1 Å². The molecule has 31 heavy (non-hydrogen) atoms. The van der Waals surface area contributed by atoms with Crippen LogP contribution in [0.2, 0.25) is 0 Å². The smallest absolute Gasteiger partial charge is 0.314 e. The van der Waals surface area contributed by atoms with Crippen molar-refractivity contribution in [1.82, 2.24) is 10.1 Å². The lowest BCUT2D eigenvalue weighted by molar-refractivity contribution is -0.162. The van der Waals surface area contributed by atoms with Crippen LogP contribution in [0.15, 0.2) is 34.9 Å². The lowest BCUT2D eigenvalue weighted by Gasteiger charge is -2.41. The molecule has 0 N–H and O–H groups in total. The molecule has 0 aliphatic carbocycles. The summed E-state index contributed by atoms with van der Waals surface area (Å²) < 4.78 is 16.7. The van der Waals surface area contributed by atoms with Crippen molar-refractivity contribution < 1.29 is 23.6 Å². The number of piperidine rings is 1. The molecule has 7 heteroatoms. The predicted molar refractivity (Wildman–Crippen MR) is 114 cm³/mol. The fourth-order valence-electron chi connectivity index (χ4n) is 4.68. The highest BCUT2D eigenvalue weighted by atomic mass is 16.5. The van der Waals surface area contributed by atoms with Gasteiger partial charge >= 0.3 is 5.97 Å². The largest absolute Gasteiger partial charge is 0.466 e. The summed E-state index contributed by atoms with van der Waals surface area (Å²) in [6, 6.07) is 9.87. The summed E-state index contributed by atoms with van der Waals surface area (Å²) in [5.41, 5.74) is 2.01. The quantitative estimate of drug-likeness (QED) is 0.657. The third-order valence-electron chi connectivity index (χ3n) is 6.29. The maximum Gasteiger partial charge on any atom is 0.314 e. The van der Waals surface area contributed by atoms with Crippen LogP contribution in [-0.2, 0) is 25.5 Å². The Morgan fingerprint density at radius 2 is 2.13 bits per heavy atom. The van der Waals surface area contributed by atoms with E-state index in [1.165, 1.54) is 0 Å². The van der Waals surface area contributed by atoms with Crippen LogP contribution in [0.25, 0.3) is 11.3 Å². The van der Waals surface area contributed by atoms with E-state index in [2.05, 4.69) is 5.16 Å². The molecular weight excluding hydrogens is 396 g/mol. The molecule has 2 unspecified atom stereocenters. The first-order valence-electron chi connectivity index (χ1n) is 11.1. The monoisotopic (exact) mass is 426 g/mol. The maximum absolute atomic E-state index is 13.1. The van der Waals surface area contributed by atoms with E-state index in [0.717, 1.165) is 36.1 Å². The van der Waals surface area contributed by atoms with Gasteiger partial charge in [-0.3, -0.25) is 9.59 Å². The highest BCUT2D eigenvalue weighted by Crippen LogP contribution is 2.37. The molecule has 2 fully saturated rings. The average molecular weight is 427 g/mol. The molecule has 2 atom stereocenters. The number of hydrogen-bond acceptors (Lipinski definition) is 6. The van der Waals surface area contributed by atoms with E-state index in [-0.39, 0.29) is 11.9 Å². The second-order valence-electron chi connectivity index (χ2n) is 8.54. The molecule has 166 valence electrons. The molecular formula is C24H30N2O5. The Balaban J connectivity index is 1.57. The number of rotatable bonds is 6. The highest BCUT2D eigenvalue weighted by Gasteiger charge is 2.46. The topological polar surface area (TPSA) is 81.9 Å². The predicted octanol–water partition coefficient (Wildman–Crippen LogP) is 3.54. The zero-order valence-electron chi connectivity index (χ0n) is 18.3. The first-order chi connectivity index (χ1) is 15.0. The minimum Gasteiger partial charge on any atom is -0.466 e. The Kier molecular flexibility index (Phi) is 6.41. The van der Waals surface area contributed by atoms with Crippen molar-refractivity contribution in [2.45, 2.75) is 52.1 Å². The highest BCUT2D eigenvalue weighted by molar-refractivity contribution is 5.83. The number of nitrogens with zero attached hydrogens (tertiary/aromatic N) is 2. The normalized spacial score (nSPS) is 23.7. The van der Waals surface area contributed by atoms with Gasteiger partial charge in [-0.25, -0.2) is 0 Å². The van der Waals surface area contributed by atoms with Gasteiger partial charge in [-0.1, -0.05) is 29.4 Å². The van der Waals surface area contributed by atoms with Gasteiger partial charge in [0.2, 0.25) is 0 Å². The summed E-state index contributed by atoms with van der Waals surface area (Å²) in [5.74, 6) is 0.315. The van der Waals surface area contributed by atoms with E-state index in [1.807, 2.05) is 37.3 Å². The number of likely N-dealkylation sites (tertiary alicyclic amines) is 1. The molecule has 0 spiro atoms. The van der Waals surface area contributed by atoms with E-state index in [1.54, 1.807) is 11.8 Å². The number of hydrogen-bond donors (Lipinski definition) is 0. The fraction of sp³-hybridized carbons (Fsp3) is 0.542. The van der Waals surface area contributed by atoms with Crippen molar-refractivity contribution in [1.29, 1.82) is 0 Å². The van der Waals surface area contributed by atoms with Gasteiger partial charge < -0.3 is 18.9 Å². The van der Waals surface area contributed by atoms with Gasteiger partial charge in [-0.15, -0.1) is 0 Å². The molecule has 1 aromatic carbocycles. The van der Waals surface area contributed by atoms with Crippen LogP contribution >= 0.6 is 0 Å². The van der Waals surface area contributed by atoms with Crippen molar-refractivity contribution >= 4 is 11.9 Å². The Hall–Kier alpha value is -2.67. The number of esters is 1. The summed E-state index contributed by atoms with van der Waals surface area (Å²) in [6.07, 6.45) is 2.96. The van der Waals surface area contributed by atoms with E-state index >= 15 is 0 Å². The van der Waals surface area contributed by atoms with Crippen molar-refractivity contribution in [2.75, 3.05) is 26.3 Å². The van der Waals surface area contributed by atoms with Crippen molar-refractivity contribution in [2.24, 2.45) is 5.41 Å². The van der Waals surface area contributed by atoms with E-state index < -0.39 is 11.5 Å². The lowest BCUT2D eigenvalue weighted by Crippen LogP contribution is -2.53. The summed E-state index contributed by atoms with van der Waals surface area (Å²) in [7, 11) is 0. The van der Waals surface area contributed by atoms with Crippen molar-refractivity contribution in [3.8, 4) is 11.3 Å². The van der Waals surface area contributed by atoms with Gasteiger partial charge in [0.1, 0.15) is 17.6 Å². The van der Waals surface area contributed by atoms with E-state index in [0.29, 0.717) is 44.9 Å². The second kappa shape index (κ2) is 9.22. The number of amides is 1. The molecule has 7 nitrogen and oxygen atoms in total. The zero-order chi connectivity index (χ0) is 21.8. The van der Waals surface area contributed by atoms with Gasteiger partial charge in [0, 0.05) is 37.7 Å². The molecule has 0 saturated carbocycles. The number of benzene rings is 1. The summed E-state index contributed by atoms with van der Waals surface area (Å²) in [6.45, 7) is 5.68. The van der Waals surface area contributed by atoms with Gasteiger partial charge in [0.15, 0.2) is 0 Å². The zero-order valence-corrected chi connectivity index (χ0v) is 18.3. The molecule has 1 amide bonds. The second-order valence-corrected chi connectivity index (χ2v) is 8.54. The molecule has 0 radical (unpaired) electrons. The summed E-state index contributed by atoms with van der Waals surface area (Å²) >= 11 is 0. The standard InChI is InChI=1S/C24H30N2O5/c1-3-29-23(28)24(11-7-12-26(16-24)22(27)21-10-6-13-30-21)15-18-14-20(25-31-18)19-9-5-4-8-17(19)2/h4-5,8-9,14,21H,3,6-7,10-13,15-16H2,1-2H3. The minimum atomic E-state index is -0.842. The number of aromatic nitrogens is 1. The third kappa shape index (κ3) is 4.51. The van der Waals surface area contributed by atoms with Crippen LogP contribution in [0.4, 0.5) is 0 Å². The average Bonchev–Trinajstić information content (AvgIpc) is 3.46. The maximum atomic E-state index is 13.1. The van der Waals surface area contributed by atoms with Gasteiger partial charge in [0.25, 0.3) is 5.91 Å². The molecule has 1 aromatic heterocycles. The Bertz CT molecular complexity index is 934. The summed E-state index contributed by atoms with van der Waals surface area (Å²) in [4.78, 5) is 27.8. The Morgan fingerprint density at radius 1 is 1.29 bits per heavy atom. The molecule has 2 saturated heterocycles. The fourth-order valence-corrected chi connectivity index (χ4v) is 4.68. The van der Waals surface area contributed by atoms with Crippen molar-refractivity contribution in [3.63, 3.8) is 0 Å². The van der Waals surface area contributed by atoms with Gasteiger partial charge in [-0.2, -0.15) is 0 Å². The first kappa shape index (κ1) is 21.6. The first-order valence-corrected chi connectivity index (χ1v) is 11.1. The minimum absolute atomic E-state index is 0.0240. The number of ether oxygens (including phenoxy) is 2. The van der Waals surface area contributed by atoms with Crippen LogP contribution in [0.1, 0.15) is 43.9 Å². The molecule has 2 aliphatic heterocycles. The number of carbonyl (C=O) groups excluding carboxylic acids is 2. The lowest BCUT2D eigenvalue weighted by atomic mass is 9.76. The number of carbonyl (C=O) groups is 2. The van der Waals surface area contributed by atoms with Crippen LogP contribution in [-0.4, -0.2) is 54.3 Å². The van der Waals surface area contributed by atoms with Crippen LogP contribution in [0.5, 0.6) is 0 Å². The Morgan fingerprint density at radius 3 is 2.87 bits per heavy atom. The summed E-state index contributed by atoms with van der Waals surface area (Å²) in [5, 5.41) is 4.24. The van der Waals surface area contributed by atoms with Crippen LogP contribution in [0, 0.1) is 12.3 Å². The molecule has 2 aliphatic rings. The molecule has 2 aromatic rings. The van der Waals surface area contributed by atoms with Crippen LogP contribution < -0.4 is 0 Å². The molecule has 3 heterocycles. The van der Waals surface area contributed by atoms with Crippen LogP contribution in [0.3, 0.4) is 0 Å². The third-order valence-corrected chi connectivity index (χ3v) is 6.29. The van der Waals surface area contributed by atoms with E-state index in [4.69, 9.17) is 14.0 Å². The molecule has 4 rings (SSSR count). The molecule has 0 bridgehead atoms. The number of aryl methyl sites for hydroxylation is 1. The van der Waals surface area contributed by atoms with Gasteiger partial charge in [0.05, 0.1) is 12.0 Å². The van der Waals surface area contributed by atoms with E-state index in [9.17, 15) is 9.59 Å². The SMILES string of the molecule is CCOC(=O)C1(Cc2cc(-c3ccccc3C)no2)CCCN(C(=O)C2CCCO2)C1.